The van der Waals surface area contributed by atoms with Gasteiger partial charge >= 0.3 is 0 Å². The molecule has 2 aromatic heterocycles. The van der Waals surface area contributed by atoms with Crippen LogP contribution in [0.2, 0.25) is 0 Å². The topological polar surface area (TPSA) is 61.4 Å². The van der Waals surface area contributed by atoms with Gasteiger partial charge in [0.25, 0.3) is 0 Å². The second kappa shape index (κ2) is 8.68. The highest BCUT2D eigenvalue weighted by molar-refractivity contribution is 7.09. The molecule has 1 N–H and O–H groups in total. The number of fused-ring (bicyclic) bond motifs is 1. The smallest absolute Gasteiger partial charge is 0.227 e. The van der Waals surface area contributed by atoms with Gasteiger partial charge in [-0.15, -0.1) is 11.3 Å². The van der Waals surface area contributed by atoms with E-state index in [4.69, 9.17) is 0 Å². The van der Waals surface area contributed by atoms with Crippen LogP contribution in [0.5, 0.6) is 0 Å². The normalized spacial score (nSPS) is 26.0. The number of hydrogen-bond acceptors (Lipinski definition) is 6. The minimum Gasteiger partial charge on any atom is -0.355 e. The molecule has 2 aliphatic heterocycles. The van der Waals surface area contributed by atoms with Crippen molar-refractivity contribution in [3.63, 3.8) is 0 Å². The molecule has 2 fully saturated rings. The van der Waals surface area contributed by atoms with Crippen LogP contribution in [0.1, 0.15) is 29.8 Å². The van der Waals surface area contributed by atoms with Gasteiger partial charge in [-0.3, -0.25) is 14.7 Å². The number of nitrogens with zero attached hydrogens (tertiary/aromatic N) is 4. The molecule has 0 radical (unpaired) electrons. The van der Waals surface area contributed by atoms with Crippen LogP contribution >= 0.6 is 11.3 Å². The molecule has 0 aliphatic carbocycles. The lowest BCUT2D eigenvalue weighted by atomic mass is 9.67. The maximum atomic E-state index is 13.4. The van der Waals surface area contributed by atoms with E-state index in [0.29, 0.717) is 6.54 Å². The number of amides is 1. The second-order valence-electron chi connectivity index (χ2n) is 8.05. The van der Waals surface area contributed by atoms with Crippen molar-refractivity contribution in [2.75, 3.05) is 33.2 Å². The molecular weight excluding hydrogens is 370 g/mol. The summed E-state index contributed by atoms with van der Waals surface area (Å²) < 4.78 is 0. The number of hydrogen-bond donors (Lipinski definition) is 1. The molecule has 2 aromatic rings. The Bertz CT molecular complexity index is 768. The average molecular weight is 400 g/mol. The number of thiazole rings is 1. The summed E-state index contributed by atoms with van der Waals surface area (Å²) in [5, 5.41) is 6.32. The third-order valence-corrected chi connectivity index (χ3v) is 7.08. The molecule has 4 rings (SSSR count). The van der Waals surface area contributed by atoms with Gasteiger partial charge in [0, 0.05) is 56.1 Å². The molecule has 6 nitrogen and oxygen atoms in total. The second-order valence-corrected chi connectivity index (χ2v) is 9.03. The Morgan fingerprint density at radius 2 is 2.29 bits per heavy atom. The maximum absolute atomic E-state index is 13.4. The van der Waals surface area contributed by atoms with Crippen LogP contribution in [0.15, 0.2) is 36.1 Å². The summed E-state index contributed by atoms with van der Waals surface area (Å²) in [5.41, 5.74) is 0.936. The number of piperidine rings is 2. The molecule has 2 aliphatic rings. The van der Waals surface area contributed by atoms with Crippen LogP contribution in [-0.2, 0) is 17.8 Å². The number of aromatic nitrogens is 2. The van der Waals surface area contributed by atoms with E-state index in [1.54, 1.807) is 11.3 Å². The molecule has 2 atom stereocenters. The summed E-state index contributed by atoms with van der Waals surface area (Å²) >= 11 is 1.65. The number of pyridine rings is 1. The molecular formula is C21H29N5OS. The molecule has 2 saturated heterocycles. The summed E-state index contributed by atoms with van der Waals surface area (Å²) in [6.07, 6.45) is 9.37. The Labute approximate surface area is 171 Å². The predicted octanol–water partition coefficient (Wildman–Crippen LogP) is 2.18. The fraction of sp³-hybridized carbons (Fsp3) is 0.571. The highest BCUT2D eigenvalue weighted by atomic mass is 32.1. The molecule has 28 heavy (non-hydrogen) atoms. The zero-order chi connectivity index (χ0) is 19.4. The van der Waals surface area contributed by atoms with Gasteiger partial charge in [0.15, 0.2) is 0 Å². The van der Waals surface area contributed by atoms with Crippen molar-refractivity contribution in [3.05, 3.63) is 46.7 Å². The predicted molar refractivity (Wildman–Crippen MR) is 111 cm³/mol. The summed E-state index contributed by atoms with van der Waals surface area (Å²) in [7, 11) is 2.17. The molecule has 0 saturated carbocycles. The van der Waals surface area contributed by atoms with Crippen molar-refractivity contribution in [2.45, 2.75) is 38.3 Å². The summed E-state index contributed by atoms with van der Waals surface area (Å²) in [4.78, 5) is 26.9. The fourth-order valence-electron chi connectivity index (χ4n) is 4.76. The lowest BCUT2D eigenvalue weighted by Gasteiger charge is -2.53. The van der Waals surface area contributed by atoms with Crippen LogP contribution in [0.25, 0.3) is 0 Å². The van der Waals surface area contributed by atoms with E-state index >= 15 is 0 Å². The summed E-state index contributed by atoms with van der Waals surface area (Å²) in [6.45, 7) is 4.50. The van der Waals surface area contributed by atoms with Crippen molar-refractivity contribution in [1.82, 2.24) is 25.1 Å². The van der Waals surface area contributed by atoms with E-state index in [0.717, 1.165) is 56.9 Å². The van der Waals surface area contributed by atoms with Gasteiger partial charge in [-0.25, -0.2) is 4.98 Å². The first-order valence-electron chi connectivity index (χ1n) is 10.2. The van der Waals surface area contributed by atoms with E-state index in [9.17, 15) is 4.79 Å². The first-order chi connectivity index (χ1) is 13.7. The van der Waals surface area contributed by atoms with Crippen molar-refractivity contribution < 1.29 is 4.79 Å². The minimum atomic E-state index is -0.282. The Morgan fingerprint density at radius 1 is 1.36 bits per heavy atom. The van der Waals surface area contributed by atoms with Gasteiger partial charge < -0.3 is 10.2 Å². The highest BCUT2D eigenvalue weighted by Gasteiger charge is 2.51. The molecule has 0 aromatic carbocycles. The van der Waals surface area contributed by atoms with E-state index in [2.05, 4.69) is 38.2 Å². The van der Waals surface area contributed by atoms with E-state index in [1.165, 1.54) is 5.56 Å². The largest absolute Gasteiger partial charge is 0.355 e. The Kier molecular flexibility index (Phi) is 6.04. The van der Waals surface area contributed by atoms with Crippen LogP contribution in [0.3, 0.4) is 0 Å². The van der Waals surface area contributed by atoms with Crippen LogP contribution < -0.4 is 5.32 Å². The van der Waals surface area contributed by atoms with Gasteiger partial charge in [-0.1, -0.05) is 6.07 Å². The van der Waals surface area contributed by atoms with Crippen molar-refractivity contribution >= 4 is 17.2 Å². The average Bonchev–Trinajstić information content (AvgIpc) is 3.23. The Balaban J connectivity index is 1.48. The van der Waals surface area contributed by atoms with E-state index in [-0.39, 0.29) is 17.4 Å². The zero-order valence-electron chi connectivity index (χ0n) is 16.5. The molecule has 4 heterocycles. The lowest BCUT2D eigenvalue weighted by Crippen LogP contribution is -2.65. The lowest BCUT2D eigenvalue weighted by molar-refractivity contribution is -0.145. The summed E-state index contributed by atoms with van der Waals surface area (Å²) in [6, 6.07) is 4.37. The van der Waals surface area contributed by atoms with Gasteiger partial charge in [0.05, 0.1) is 10.4 Å². The van der Waals surface area contributed by atoms with E-state index in [1.807, 2.05) is 30.0 Å². The van der Waals surface area contributed by atoms with Crippen LogP contribution in [0.4, 0.5) is 0 Å². The number of carbonyl (C=O) groups excluding carboxylic acids is 1. The third kappa shape index (κ3) is 4.11. The van der Waals surface area contributed by atoms with Gasteiger partial charge in [-0.05, 0) is 51.0 Å². The highest BCUT2D eigenvalue weighted by Crippen LogP contribution is 2.43. The first-order valence-corrected chi connectivity index (χ1v) is 11.0. The minimum absolute atomic E-state index is 0.234. The number of rotatable bonds is 6. The fourth-order valence-corrected chi connectivity index (χ4v) is 5.38. The van der Waals surface area contributed by atoms with Gasteiger partial charge in [-0.2, -0.15) is 0 Å². The number of likely N-dealkylation sites (tertiary alicyclic amines) is 2. The van der Waals surface area contributed by atoms with Crippen molar-refractivity contribution in [2.24, 2.45) is 5.41 Å². The quantitative estimate of drug-likeness (QED) is 0.807. The van der Waals surface area contributed by atoms with Crippen molar-refractivity contribution in [3.8, 4) is 0 Å². The Hall–Kier alpha value is -1.83. The van der Waals surface area contributed by atoms with Crippen LogP contribution in [-0.4, -0.2) is 64.9 Å². The standard InChI is InChI=1S/C21H29N5OS/c1-25-12-7-21(20(27)24-9-5-19-23-10-13-28-19)6-3-11-26(18(21)16-25)15-17-4-2-8-22-14-17/h2,4,8,10,13-14,18H,3,5-7,9,11-12,15-16H2,1H3,(H,24,27)/t18-,21+/m0/s1. The van der Waals surface area contributed by atoms with Crippen LogP contribution in [0, 0.1) is 5.41 Å². The maximum Gasteiger partial charge on any atom is 0.227 e. The zero-order valence-corrected chi connectivity index (χ0v) is 17.3. The molecule has 0 spiro atoms. The van der Waals surface area contributed by atoms with E-state index < -0.39 is 0 Å². The Morgan fingerprint density at radius 3 is 3.07 bits per heavy atom. The SMILES string of the molecule is CN1CC[C@]2(C(=O)NCCc3nccs3)CCCN(Cc3cccnc3)[C@H]2C1. The molecule has 1 amide bonds. The number of likely N-dealkylation sites (N-methyl/N-ethyl adjacent to an activating group) is 1. The van der Waals surface area contributed by atoms with Gasteiger partial charge in [0.2, 0.25) is 5.91 Å². The molecule has 150 valence electrons. The molecule has 0 unspecified atom stereocenters. The number of carbonyl (C=O) groups is 1. The summed E-state index contributed by atoms with van der Waals surface area (Å²) in [5.74, 6) is 0.234. The molecule has 7 heteroatoms. The first kappa shape index (κ1) is 19.5. The number of nitrogens with one attached hydrogen (secondary N) is 1. The van der Waals surface area contributed by atoms with Gasteiger partial charge in [0.1, 0.15) is 0 Å². The monoisotopic (exact) mass is 399 g/mol. The van der Waals surface area contributed by atoms with Crippen molar-refractivity contribution in [1.29, 1.82) is 0 Å². The molecule has 0 bridgehead atoms. The third-order valence-electron chi connectivity index (χ3n) is 6.24.